The molecule has 6 nitrogen and oxygen atoms in total. The molecule has 1 aliphatic rings. The van der Waals surface area contributed by atoms with Crippen LogP contribution in [0.1, 0.15) is 43.5 Å². The number of ether oxygens (including phenoxy) is 1. The highest BCUT2D eigenvalue weighted by atomic mass is 35.5. The van der Waals surface area contributed by atoms with Crippen LogP contribution < -0.4 is 20.7 Å². The van der Waals surface area contributed by atoms with Crippen molar-refractivity contribution in [3.05, 3.63) is 29.8 Å². The third-order valence-electron chi connectivity index (χ3n) is 4.84. The third kappa shape index (κ3) is 7.03. The van der Waals surface area contributed by atoms with Gasteiger partial charge in [-0.2, -0.15) is 0 Å². The fourth-order valence-electron chi connectivity index (χ4n) is 3.27. The van der Waals surface area contributed by atoms with Gasteiger partial charge >= 0.3 is 0 Å². The van der Waals surface area contributed by atoms with Crippen molar-refractivity contribution in [2.24, 2.45) is 11.8 Å². The lowest BCUT2D eigenvalue weighted by atomic mass is 9.96. The number of carbonyl (C=O) groups excluding carboxylic acids is 2. The maximum absolute atomic E-state index is 12.6. The summed E-state index contributed by atoms with van der Waals surface area (Å²) in [7, 11) is 1.53. The topological polar surface area (TPSA) is 79.5 Å². The van der Waals surface area contributed by atoms with Crippen LogP contribution in [0.4, 0.5) is 0 Å². The second-order valence-electron chi connectivity index (χ2n) is 7.19. The second-order valence-corrected chi connectivity index (χ2v) is 7.19. The molecule has 1 fully saturated rings. The number of halogens is 1. The van der Waals surface area contributed by atoms with Crippen LogP contribution in [0.25, 0.3) is 0 Å². The molecular weight excluding hydrogens is 366 g/mol. The summed E-state index contributed by atoms with van der Waals surface area (Å²) in [6.45, 7) is 6.61. The van der Waals surface area contributed by atoms with Crippen LogP contribution in [0, 0.1) is 11.8 Å². The number of para-hydroxylation sites is 1. The van der Waals surface area contributed by atoms with Gasteiger partial charge in [0.1, 0.15) is 11.8 Å². The van der Waals surface area contributed by atoms with E-state index in [2.05, 4.69) is 16.0 Å². The highest BCUT2D eigenvalue weighted by Crippen LogP contribution is 2.18. The van der Waals surface area contributed by atoms with Crippen molar-refractivity contribution in [3.8, 4) is 5.75 Å². The Morgan fingerprint density at radius 1 is 1.30 bits per heavy atom. The van der Waals surface area contributed by atoms with Gasteiger partial charge in [-0.1, -0.05) is 26.0 Å². The van der Waals surface area contributed by atoms with Crippen LogP contribution in [0.2, 0.25) is 0 Å². The van der Waals surface area contributed by atoms with Crippen LogP contribution in [0.15, 0.2) is 24.3 Å². The molecular formula is C20H32ClN3O3. The Kier molecular flexibility index (Phi) is 10.2. The fourth-order valence-corrected chi connectivity index (χ4v) is 3.27. The molecule has 2 unspecified atom stereocenters. The Bertz CT molecular complexity index is 604. The van der Waals surface area contributed by atoms with Gasteiger partial charge in [-0.05, 0) is 56.3 Å². The third-order valence-corrected chi connectivity index (χ3v) is 4.84. The number of piperidine rings is 1. The lowest BCUT2D eigenvalue weighted by Gasteiger charge is -2.25. The summed E-state index contributed by atoms with van der Waals surface area (Å²) in [4.78, 5) is 25.2. The highest BCUT2D eigenvalue weighted by molar-refractivity contribution is 5.99. The van der Waals surface area contributed by atoms with E-state index in [4.69, 9.17) is 4.74 Å². The number of benzene rings is 1. The van der Waals surface area contributed by atoms with E-state index in [-0.39, 0.29) is 30.1 Å². The van der Waals surface area contributed by atoms with Gasteiger partial charge in [0.05, 0.1) is 12.7 Å². The molecule has 0 bridgehead atoms. The predicted octanol–water partition coefficient (Wildman–Crippen LogP) is 2.38. The minimum absolute atomic E-state index is 0. The second kappa shape index (κ2) is 11.8. The Hall–Kier alpha value is -1.79. The molecule has 27 heavy (non-hydrogen) atoms. The van der Waals surface area contributed by atoms with Crippen LogP contribution in [-0.4, -0.2) is 44.6 Å². The molecule has 1 aliphatic heterocycles. The normalized spacial score (nSPS) is 17.6. The smallest absolute Gasteiger partial charge is 0.255 e. The van der Waals surface area contributed by atoms with Gasteiger partial charge in [0.2, 0.25) is 5.91 Å². The molecule has 2 atom stereocenters. The van der Waals surface area contributed by atoms with Gasteiger partial charge in [0, 0.05) is 6.54 Å². The number of rotatable bonds is 8. The van der Waals surface area contributed by atoms with Crippen molar-refractivity contribution in [2.75, 3.05) is 26.7 Å². The molecule has 152 valence electrons. The minimum atomic E-state index is -0.572. The zero-order valence-electron chi connectivity index (χ0n) is 16.4. The first-order valence-electron chi connectivity index (χ1n) is 9.45. The fraction of sp³-hybridized carbons (Fsp3) is 0.600. The quantitative estimate of drug-likeness (QED) is 0.629. The number of nitrogens with one attached hydrogen (secondary N) is 3. The molecule has 7 heteroatoms. The maximum Gasteiger partial charge on any atom is 0.255 e. The van der Waals surface area contributed by atoms with Gasteiger partial charge in [-0.15, -0.1) is 12.4 Å². The molecule has 0 aliphatic carbocycles. The van der Waals surface area contributed by atoms with Crippen molar-refractivity contribution in [1.29, 1.82) is 0 Å². The summed E-state index contributed by atoms with van der Waals surface area (Å²) in [5, 5.41) is 9.22. The van der Waals surface area contributed by atoms with Crippen LogP contribution in [0.3, 0.4) is 0 Å². The molecule has 1 aromatic rings. The Balaban J connectivity index is 0.00000364. The molecule has 3 N–H and O–H groups in total. The average molecular weight is 398 g/mol. The van der Waals surface area contributed by atoms with E-state index in [0.29, 0.717) is 23.8 Å². The van der Waals surface area contributed by atoms with E-state index in [1.54, 1.807) is 18.2 Å². The Morgan fingerprint density at radius 2 is 2.04 bits per heavy atom. The van der Waals surface area contributed by atoms with E-state index >= 15 is 0 Å². The van der Waals surface area contributed by atoms with Crippen LogP contribution >= 0.6 is 12.4 Å². The first-order chi connectivity index (χ1) is 12.5. The molecule has 0 radical (unpaired) electrons. The first kappa shape index (κ1) is 23.2. The molecule has 1 heterocycles. The summed E-state index contributed by atoms with van der Waals surface area (Å²) in [5.41, 5.74) is 0.432. The summed E-state index contributed by atoms with van der Waals surface area (Å²) < 4.78 is 5.23. The Morgan fingerprint density at radius 3 is 2.67 bits per heavy atom. The molecule has 1 aromatic carbocycles. The minimum Gasteiger partial charge on any atom is -0.496 e. The molecule has 0 aromatic heterocycles. The summed E-state index contributed by atoms with van der Waals surface area (Å²) in [6.07, 6.45) is 3.37. The van der Waals surface area contributed by atoms with Gasteiger partial charge in [0.15, 0.2) is 0 Å². The van der Waals surface area contributed by atoms with Gasteiger partial charge in [-0.25, -0.2) is 0 Å². The van der Waals surface area contributed by atoms with Crippen molar-refractivity contribution in [3.63, 3.8) is 0 Å². The lowest BCUT2D eigenvalue weighted by molar-refractivity contribution is -0.124. The van der Waals surface area contributed by atoms with Gasteiger partial charge in [0.25, 0.3) is 5.91 Å². The maximum atomic E-state index is 12.6. The zero-order valence-corrected chi connectivity index (χ0v) is 17.2. The number of hydrogen-bond acceptors (Lipinski definition) is 4. The van der Waals surface area contributed by atoms with Crippen molar-refractivity contribution < 1.29 is 14.3 Å². The van der Waals surface area contributed by atoms with E-state index in [9.17, 15) is 9.59 Å². The zero-order chi connectivity index (χ0) is 18.9. The predicted molar refractivity (Wildman–Crippen MR) is 110 cm³/mol. The van der Waals surface area contributed by atoms with E-state index in [1.807, 2.05) is 19.9 Å². The van der Waals surface area contributed by atoms with E-state index in [0.717, 1.165) is 19.5 Å². The standard InChI is InChI=1S/C20H31N3O3.ClH/c1-14(2)18(20(25)22-12-10-15-7-6-11-21-13-15)23-19(24)16-8-4-5-9-17(16)26-3;/h4-5,8-9,14-15,18,21H,6-7,10-13H2,1-3H3,(H,22,25)(H,23,24);1H. The number of amides is 2. The number of methoxy groups -OCH3 is 1. The first-order valence-corrected chi connectivity index (χ1v) is 9.45. The molecule has 2 rings (SSSR count). The number of hydrogen-bond donors (Lipinski definition) is 3. The monoisotopic (exact) mass is 397 g/mol. The SMILES string of the molecule is COc1ccccc1C(=O)NC(C(=O)NCCC1CCCNC1)C(C)C.Cl. The van der Waals surface area contributed by atoms with Gasteiger partial charge < -0.3 is 20.7 Å². The van der Waals surface area contributed by atoms with Crippen molar-refractivity contribution >= 4 is 24.2 Å². The van der Waals surface area contributed by atoms with Crippen LogP contribution in [-0.2, 0) is 4.79 Å². The van der Waals surface area contributed by atoms with Crippen LogP contribution in [0.5, 0.6) is 5.75 Å². The molecule has 1 saturated heterocycles. The van der Waals surface area contributed by atoms with E-state index < -0.39 is 6.04 Å². The largest absolute Gasteiger partial charge is 0.496 e. The Labute approximate surface area is 168 Å². The van der Waals surface area contributed by atoms with Crippen molar-refractivity contribution in [2.45, 2.75) is 39.2 Å². The lowest BCUT2D eigenvalue weighted by Crippen LogP contribution is -2.50. The summed E-state index contributed by atoms with van der Waals surface area (Å²) in [6, 6.07) is 6.44. The molecule has 2 amide bonds. The van der Waals surface area contributed by atoms with Crippen molar-refractivity contribution in [1.82, 2.24) is 16.0 Å². The van der Waals surface area contributed by atoms with Gasteiger partial charge in [-0.3, -0.25) is 9.59 Å². The highest BCUT2D eigenvalue weighted by Gasteiger charge is 2.25. The summed E-state index contributed by atoms with van der Waals surface area (Å²) >= 11 is 0. The molecule has 0 saturated carbocycles. The summed E-state index contributed by atoms with van der Waals surface area (Å²) in [5.74, 6) is 0.673. The average Bonchev–Trinajstić information content (AvgIpc) is 2.66. The number of carbonyl (C=O) groups is 2. The molecule has 0 spiro atoms. The van der Waals surface area contributed by atoms with E-state index in [1.165, 1.54) is 20.0 Å².